The topological polar surface area (TPSA) is 9.23 Å². The number of hydrogen-bond donors (Lipinski definition) is 0. The molecule has 0 N–H and O–H groups in total. The van der Waals surface area contributed by atoms with Gasteiger partial charge in [0.25, 0.3) is 0 Å². The summed E-state index contributed by atoms with van der Waals surface area (Å²) in [4.78, 5) is 0. The molecule has 190 valence electrons. The summed E-state index contributed by atoms with van der Waals surface area (Å²) in [5, 5.41) is 0. The first-order chi connectivity index (χ1) is 17.0. The fourth-order valence-electron chi connectivity index (χ4n) is 6.20. The second kappa shape index (κ2) is 12.1. The van der Waals surface area contributed by atoms with Crippen molar-refractivity contribution < 1.29 is 17.9 Å². The fraction of sp³-hybridized carbons (Fsp3) is 0.548. The minimum Gasteiger partial charge on any atom is -0.491 e. The molecule has 0 amide bonds. The molecule has 4 heteroatoms. The molecule has 0 heterocycles. The minimum atomic E-state index is -0.642. The van der Waals surface area contributed by atoms with Gasteiger partial charge >= 0.3 is 0 Å². The molecule has 35 heavy (non-hydrogen) atoms. The van der Waals surface area contributed by atoms with Gasteiger partial charge in [0.15, 0.2) is 23.2 Å². The lowest BCUT2D eigenvalue weighted by atomic mass is 9.76. The third kappa shape index (κ3) is 6.32. The van der Waals surface area contributed by atoms with Gasteiger partial charge in [0.2, 0.25) is 0 Å². The first kappa shape index (κ1) is 25.9. The molecule has 0 aromatic heterocycles. The molecule has 2 saturated carbocycles. The van der Waals surface area contributed by atoms with Crippen molar-refractivity contribution in [2.75, 3.05) is 6.61 Å². The van der Waals surface area contributed by atoms with E-state index in [0.717, 1.165) is 63.4 Å². The molecule has 0 atom stereocenters. The highest BCUT2D eigenvalue weighted by Gasteiger charge is 2.27. The highest BCUT2D eigenvalue weighted by molar-refractivity contribution is 5.32. The normalized spacial score (nSPS) is 25.2. The highest BCUT2D eigenvalue weighted by Crippen LogP contribution is 2.40. The molecule has 2 aromatic carbocycles. The van der Waals surface area contributed by atoms with E-state index >= 15 is 0 Å². The maximum absolute atomic E-state index is 15.0. The van der Waals surface area contributed by atoms with Gasteiger partial charge in [-0.2, -0.15) is 0 Å². The van der Waals surface area contributed by atoms with Crippen molar-refractivity contribution in [1.29, 1.82) is 0 Å². The monoisotopic (exact) mass is 484 g/mol. The summed E-state index contributed by atoms with van der Waals surface area (Å²) in [6.45, 7) is 4.33. The summed E-state index contributed by atoms with van der Waals surface area (Å²) >= 11 is 0. The van der Waals surface area contributed by atoms with Crippen LogP contribution in [0.2, 0.25) is 0 Å². The predicted octanol–water partition coefficient (Wildman–Crippen LogP) is 9.26. The average Bonchev–Trinajstić information content (AvgIpc) is 2.87. The Kier molecular flexibility index (Phi) is 8.97. The first-order valence-electron chi connectivity index (χ1n) is 13.5. The van der Waals surface area contributed by atoms with E-state index in [9.17, 15) is 13.2 Å². The van der Waals surface area contributed by atoms with Crippen LogP contribution in [-0.4, -0.2) is 6.61 Å². The van der Waals surface area contributed by atoms with Gasteiger partial charge in [0.1, 0.15) is 0 Å². The van der Waals surface area contributed by atoms with Gasteiger partial charge in [-0.25, -0.2) is 13.2 Å². The Morgan fingerprint density at radius 3 is 2.23 bits per heavy atom. The van der Waals surface area contributed by atoms with Crippen molar-refractivity contribution in [1.82, 2.24) is 0 Å². The molecule has 2 aliphatic rings. The van der Waals surface area contributed by atoms with Crippen LogP contribution in [0.25, 0.3) is 0 Å². The molecule has 0 spiro atoms. The molecule has 4 rings (SSSR count). The van der Waals surface area contributed by atoms with Gasteiger partial charge in [0, 0.05) is 0 Å². The molecule has 2 aromatic rings. The molecule has 0 bridgehead atoms. The zero-order valence-corrected chi connectivity index (χ0v) is 21.2. The van der Waals surface area contributed by atoms with Crippen molar-refractivity contribution in [2.45, 2.75) is 89.9 Å². The third-order valence-corrected chi connectivity index (χ3v) is 8.26. The molecule has 0 radical (unpaired) electrons. The van der Waals surface area contributed by atoms with Gasteiger partial charge in [-0.1, -0.05) is 30.4 Å². The van der Waals surface area contributed by atoms with Crippen molar-refractivity contribution in [3.8, 4) is 5.75 Å². The van der Waals surface area contributed by atoms with Crippen LogP contribution in [-0.2, 0) is 6.42 Å². The van der Waals surface area contributed by atoms with Crippen LogP contribution < -0.4 is 4.74 Å². The third-order valence-electron chi connectivity index (χ3n) is 8.26. The number of allylic oxidation sites excluding steroid dienone is 2. The quantitative estimate of drug-likeness (QED) is 0.339. The van der Waals surface area contributed by atoms with Crippen LogP contribution in [0.4, 0.5) is 13.2 Å². The average molecular weight is 485 g/mol. The van der Waals surface area contributed by atoms with E-state index in [1.807, 2.05) is 32.0 Å². The Morgan fingerprint density at radius 2 is 1.57 bits per heavy atom. The second-order valence-electron chi connectivity index (χ2n) is 10.5. The first-order valence-corrected chi connectivity index (χ1v) is 13.5. The van der Waals surface area contributed by atoms with Crippen LogP contribution in [0.1, 0.15) is 100 Å². The molecule has 0 saturated heterocycles. The Balaban J connectivity index is 1.29. The van der Waals surface area contributed by atoms with E-state index < -0.39 is 11.6 Å². The number of hydrogen-bond acceptors (Lipinski definition) is 1. The molecule has 2 fully saturated rings. The van der Waals surface area contributed by atoms with Crippen LogP contribution in [0.5, 0.6) is 5.75 Å². The summed E-state index contributed by atoms with van der Waals surface area (Å²) in [6, 6.07) is 8.98. The zero-order valence-electron chi connectivity index (χ0n) is 21.2. The molecule has 0 aliphatic heterocycles. The predicted molar refractivity (Wildman–Crippen MR) is 136 cm³/mol. The van der Waals surface area contributed by atoms with Crippen LogP contribution in [0.15, 0.2) is 42.5 Å². The van der Waals surface area contributed by atoms with Crippen LogP contribution in [0.3, 0.4) is 0 Å². The van der Waals surface area contributed by atoms with Gasteiger partial charge in [-0.15, -0.1) is 0 Å². The standard InChI is InChI=1S/C31H39F3O/c1-3-5-21-8-13-24(14-9-21)27-18-16-25(30(33)31(27)34)15-10-22-6-11-23(12-7-22)26-17-19-29(35-4-2)28(32)20-26/h3,5,16-24H,4,6-15H2,1-2H3. The van der Waals surface area contributed by atoms with Crippen molar-refractivity contribution in [2.24, 2.45) is 11.8 Å². The maximum Gasteiger partial charge on any atom is 0.165 e. The molecule has 2 aliphatic carbocycles. The largest absolute Gasteiger partial charge is 0.491 e. The van der Waals surface area contributed by atoms with Gasteiger partial charge in [-0.05, 0) is 131 Å². The zero-order chi connectivity index (χ0) is 24.8. The number of halogens is 3. The minimum absolute atomic E-state index is 0.128. The lowest BCUT2D eigenvalue weighted by Gasteiger charge is -2.29. The summed E-state index contributed by atoms with van der Waals surface area (Å²) in [5.41, 5.74) is 2.10. The van der Waals surface area contributed by atoms with Crippen LogP contribution in [0, 0.1) is 29.3 Å². The number of ether oxygens (including phenoxy) is 1. The Hall–Kier alpha value is -2.23. The van der Waals surface area contributed by atoms with Crippen molar-refractivity contribution >= 4 is 0 Å². The Morgan fingerprint density at radius 1 is 0.857 bits per heavy atom. The number of benzene rings is 2. The van der Waals surface area contributed by atoms with Crippen molar-refractivity contribution in [3.63, 3.8) is 0 Å². The lowest BCUT2D eigenvalue weighted by Crippen LogP contribution is -2.15. The van der Waals surface area contributed by atoms with E-state index in [-0.39, 0.29) is 11.7 Å². The van der Waals surface area contributed by atoms with E-state index in [2.05, 4.69) is 12.2 Å². The van der Waals surface area contributed by atoms with E-state index in [1.54, 1.807) is 12.1 Å². The maximum atomic E-state index is 15.0. The summed E-state index contributed by atoms with van der Waals surface area (Å²) in [7, 11) is 0. The number of rotatable bonds is 8. The SMILES string of the molecule is CC=CC1CCC(c2ccc(CCC3CCC(c4ccc(OCC)c(F)c4)CC3)c(F)c2F)CC1. The summed E-state index contributed by atoms with van der Waals surface area (Å²) in [6.07, 6.45) is 13.8. The van der Waals surface area contributed by atoms with Crippen molar-refractivity contribution in [3.05, 3.63) is 76.6 Å². The fourth-order valence-corrected chi connectivity index (χ4v) is 6.20. The lowest BCUT2D eigenvalue weighted by molar-refractivity contribution is 0.306. The molecular formula is C31H39F3O. The Bertz CT molecular complexity index is 999. The second-order valence-corrected chi connectivity index (χ2v) is 10.5. The summed E-state index contributed by atoms with van der Waals surface area (Å²) < 4.78 is 49.5. The molecule has 0 unspecified atom stereocenters. The summed E-state index contributed by atoms with van der Waals surface area (Å²) in [5.74, 6) is 0.310. The smallest absolute Gasteiger partial charge is 0.165 e. The molecular weight excluding hydrogens is 445 g/mol. The van der Waals surface area contributed by atoms with Gasteiger partial charge < -0.3 is 4.74 Å². The van der Waals surface area contributed by atoms with E-state index in [0.29, 0.717) is 47.7 Å². The van der Waals surface area contributed by atoms with Crippen LogP contribution >= 0.6 is 0 Å². The molecule has 1 nitrogen and oxygen atoms in total. The van der Waals surface area contributed by atoms with Gasteiger partial charge in [0.05, 0.1) is 6.61 Å². The highest BCUT2D eigenvalue weighted by atomic mass is 19.2. The Labute approximate surface area is 208 Å². The van der Waals surface area contributed by atoms with E-state index in [1.165, 1.54) is 0 Å². The number of aryl methyl sites for hydroxylation is 1. The van der Waals surface area contributed by atoms with E-state index in [4.69, 9.17) is 4.74 Å². The van der Waals surface area contributed by atoms with Gasteiger partial charge in [-0.3, -0.25) is 0 Å².